The average molecular weight is 333 g/mol. The van der Waals surface area contributed by atoms with Gasteiger partial charge in [0.05, 0.1) is 6.04 Å². The van der Waals surface area contributed by atoms with Gasteiger partial charge in [0.1, 0.15) is 13.2 Å². The molecule has 2 aliphatic rings. The number of rotatable bonds is 4. The zero-order valence-corrected chi connectivity index (χ0v) is 13.8. The van der Waals surface area contributed by atoms with Crippen LogP contribution in [0.15, 0.2) is 18.2 Å². The van der Waals surface area contributed by atoms with E-state index in [9.17, 15) is 9.59 Å². The van der Waals surface area contributed by atoms with E-state index in [2.05, 4.69) is 10.2 Å². The molecule has 0 aliphatic carbocycles. The van der Waals surface area contributed by atoms with Gasteiger partial charge < -0.3 is 20.5 Å². The SMILES string of the molecule is C[C@@H](C(=O)Nc1ccc2c(c1)OCCO2)N1CCC(C(N)=O)CC1. The normalized spacial score (nSPS) is 19.5. The number of fused-ring (bicyclic) bond motifs is 1. The van der Waals surface area contributed by atoms with Gasteiger partial charge in [-0.2, -0.15) is 0 Å². The number of nitrogens with two attached hydrogens (primary N) is 1. The fraction of sp³-hybridized carbons (Fsp3) is 0.529. The average Bonchev–Trinajstić information content (AvgIpc) is 2.61. The summed E-state index contributed by atoms with van der Waals surface area (Å²) in [5, 5.41) is 2.92. The topological polar surface area (TPSA) is 93.9 Å². The minimum atomic E-state index is -0.271. The molecule has 0 bridgehead atoms. The van der Waals surface area contributed by atoms with Crippen LogP contribution >= 0.6 is 0 Å². The number of piperidine rings is 1. The number of ether oxygens (including phenoxy) is 2. The van der Waals surface area contributed by atoms with Gasteiger partial charge in [-0.1, -0.05) is 0 Å². The summed E-state index contributed by atoms with van der Waals surface area (Å²) in [6, 6.07) is 5.11. The Bertz CT molecular complexity index is 626. The second kappa shape index (κ2) is 7.09. The summed E-state index contributed by atoms with van der Waals surface area (Å²) in [6.45, 7) is 4.32. The minimum absolute atomic E-state index is 0.0747. The highest BCUT2D eigenvalue weighted by Gasteiger charge is 2.28. The Labute approximate surface area is 141 Å². The van der Waals surface area contributed by atoms with Crippen LogP contribution in [-0.2, 0) is 9.59 Å². The van der Waals surface area contributed by atoms with Gasteiger partial charge >= 0.3 is 0 Å². The Balaban J connectivity index is 1.57. The van der Waals surface area contributed by atoms with Crippen molar-refractivity contribution in [1.29, 1.82) is 0 Å². The number of amides is 2. The first-order valence-electron chi connectivity index (χ1n) is 8.28. The summed E-state index contributed by atoms with van der Waals surface area (Å²) < 4.78 is 11.0. The number of nitrogens with one attached hydrogen (secondary N) is 1. The molecule has 2 amide bonds. The largest absolute Gasteiger partial charge is 0.486 e. The summed E-state index contributed by atoms with van der Waals surface area (Å²) in [5.74, 6) is 0.941. The molecule has 1 fully saturated rings. The lowest BCUT2D eigenvalue weighted by Crippen LogP contribution is -2.47. The van der Waals surface area contributed by atoms with Crippen LogP contribution in [0.1, 0.15) is 19.8 Å². The molecule has 3 rings (SSSR count). The van der Waals surface area contributed by atoms with E-state index in [4.69, 9.17) is 15.2 Å². The fourth-order valence-electron chi connectivity index (χ4n) is 3.10. The van der Waals surface area contributed by atoms with Crippen molar-refractivity contribution in [3.8, 4) is 11.5 Å². The van der Waals surface area contributed by atoms with Crippen LogP contribution in [0.4, 0.5) is 5.69 Å². The van der Waals surface area contributed by atoms with E-state index in [-0.39, 0.29) is 23.8 Å². The molecule has 130 valence electrons. The van der Waals surface area contributed by atoms with Crippen molar-refractivity contribution in [3.05, 3.63) is 18.2 Å². The van der Waals surface area contributed by atoms with E-state index < -0.39 is 0 Å². The first-order chi connectivity index (χ1) is 11.5. The van der Waals surface area contributed by atoms with E-state index in [0.29, 0.717) is 56.3 Å². The molecule has 2 heterocycles. The smallest absolute Gasteiger partial charge is 0.241 e. The maximum Gasteiger partial charge on any atom is 0.241 e. The van der Waals surface area contributed by atoms with Crippen molar-refractivity contribution < 1.29 is 19.1 Å². The monoisotopic (exact) mass is 333 g/mol. The lowest BCUT2D eigenvalue weighted by atomic mass is 9.95. The number of likely N-dealkylation sites (tertiary alicyclic amines) is 1. The summed E-state index contributed by atoms with van der Waals surface area (Å²) >= 11 is 0. The van der Waals surface area contributed by atoms with Crippen molar-refractivity contribution in [2.75, 3.05) is 31.6 Å². The highest BCUT2D eigenvalue weighted by Crippen LogP contribution is 2.32. The lowest BCUT2D eigenvalue weighted by molar-refractivity contribution is -0.124. The van der Waals surface area contributed by atoms with Crippen LogP contribution in [0.2, 0.25) is 0 Å². The van der Waals surface area contributed by atoms with Gasteiger partial charge in [-0.3, -0.25) is 14.5 Å². The third kappa shape index (κ3) is 3.62. The van der Waals surface area contributed by atoms with E-state index in [0.717, 1.165) is 0 Å². The van der Waals surface area contributed by atoms with Gasteiger partial charge in [-0.15, -0.1) is 0 Å². The summed E-state index contributed by atoms with van der Waals surface area (Å²) in [7, 11) is 0. The van der Waals surface area contributed by atoms with Crippen LogP contribution in [0, 0.1) is 5.92 Å². The minimum Gasteiger partial charge on any atom is -0.486 e. The molecular formula is C17H23N3O4. The Morgan fingerprint density at radius 3 is 2.54 bits per heavy atom. The van der Waals surface area contributed by atoms with Gasteiger partial charge in [-0.05, 0) is 45.0 Å². The van der Waals surface area contributed by atoms with Gasteiger partial charge in [-0.25, -0.2) is 0 Å². The Morgan fingerprint density at radius 1 is 1.21 bits per heavy atom. The molecule has 1 aromatic carbocycles. The van der Waals surface area contributed by atoms with Crippen LogP contribution in [0.3, 0.4) is 0 Å². The Morgan fingerprint density at radius 2 is 1.88 bits per heavy atom. The molecule has 24 heavy (non-hydrogen) atoms. The number of anilines is 1. The number of carbonyl (C=O) groups is 2. The third-order valence-electron chi connectivity index (χ3n) is 4.67. The quantitative estimate of drug-likeness (QED) is 0.857. The van der Waals surface area contributed by atoms with Gasteiger partial charge in [0.25, 0.3) is 0 Å². The first kappa shape index (κ1) is 16.6. The second-order valence-corrected chi connectivity index (χ2v) is 6.24. The molecule has 1 aromatic rings. The molecule has 0 unspecified atom stereocenters. The Hall–Kier alpha value is -2.28. The number of nitrogens with zero attached hydrogens (tertiary/aromatic N) is 1. The zero-order valence-electron chi connectivity index (χ0n) is 13.8. The number of hydrogen-bond acceptors (Lipinski definition) is 5. The lowest BCUT2D eigenvalue weighted by Gasteiger charge is -2.34. The number of primary amides is 1. The molecule has 2 aliphatic heterocycles. The van der Waals surface area contributed by atoms with Crippen LogP contribution < -0.4 is 20.5 Å². The van der Waals surface area contributed by atoms with Gasteiger partial charge in [0.15, 0.2) is 11.5 Å². The van der Waals surface area contributed by atoms with Crippen molar-refractivity contribution >= 4 is 17.5 Å². The highest BCUT2D eigenvalue weighted by molar-refractivity contribution is 5.94. The van der Waals surface area contributed by atoms with Gasteiger partial charge in [0, 0.05) is 17.7 Å². The maximum atomic E-state index is 12.5. The van der Waals surface area contributed by atoms with Crippen molar-refractivity contribution in [3.63, 3.8) is 0 Å². The van der Waals surface area contributed by atoms with E-state index in [1.54, 1.807) is 18.2 Å². The molecule has 3 N–H and O–H groups in total. The van der Waals surface area contributed by atoms with E-state index in [1.807, 2.05) is 6.92 Å². The predicted molar refractivity (Wildman–Crippen MR) is 89.0 cm³/mol. The van der Waals surface area contributed by atoms with Crippen LogP contribution in [0.25, 0.3) is 0 Å². The molecule has 0 aromatic heterocycles. The second-order valence-electron chi connectivity index (χ2n) is 6.24. The Kier molecular flexibility index (Phi) is 4.89. The maximum absolute atomic E-state index is 12.5. The van der Waals surface area contributed by atoms with Crippen molar-refractivity contribution in [1.82, 2.24) is 4.90 Å². The highest BCUT2D eigenvalue weighted by atomic mass is 16.6. The van der Waals surface area contributed by atoms with Crippen LogP contribution in [-0.4, -0.2) is 49.1 Å². The molecule has 7 nitrogen and oxygen atoms in total. The molecule has 1 atom stereocenters. The molecule has 0 radical (unpaired) electrons. The number of carbonyl (C=O) groups excluding carboxylic acids is 2. The molecular weight excluding hydrogens is 310 g/mol. The van der Waals surface area contributed by atoms with Gasteiger partial charge in [0.2, 0.25) is 11.8 Å². The zero-order chi connectivity index (χ0) is 17.1. The summed E-state index contributed by atoms with van der Waals surface area (Å²) in [6.07, 6.45) is 1.41. The number of benzene rings is 1. The molecule has 1 saturated heterocycles. The first-order valence-corrected chi connectivity index (χ1v) is 8.28. The van der Waals surface area contributed by atoms with E-state index in [1.165, 1.54) is 0 Å². The number of hydrogen-bond donors (Lipinski definition) is 2. The molecule has 0 spiro atoms. The third-order valence-corrected chi connectivity index (χ3v) is 4.67. The van der Waals surface area contributed by atoms with Crippen molar-refractivity contribution in [2.24, 2.45) is 11.7 Å². The van der Waals surface area contributed by atoms with Crippen LogP contribution in [0.5, 0.6) is 11.5 Å². The summed E-state index contributed by atoms with van der Waals surface area (Å²) in [5.41, 5.74) is 6.03. The summed E-state index contributed by atoms with van der Waals surface area (Å²) in [4.78, 5) is 25.8. The van der Waals surface area contributed by atoms with E-state index >= 15 is 0 Å². The standard InChI is InChI=1S/C17H23N3O4/c1-11(20-6-4-12(5-7-20)16(18)21)17(22)19-13-2-3-14-15(10-13)24-9-8-23-14/h2-3,10-12H,4-9H2,1H3,(H2,18,21)(H,19,22)/t11-/m0/s1. The molecule has 0 saturated carbocycles. The predicted octanol–water partition coefficient (Wildman–Crippen LogP) is 0.982. The fourth-order valence-corrected chi connectivity index (χ4v) is 3.10. The molecule has 7 heteroatoms. The van der Waals surface area contributed by atoms with Crippen molar-refractivity contribution in [2.45, 2.75) is 25.8 Å².